The lowest BCUT2D eigenvalue weighted by atomic mass is 10.2. The summed E-state index contributed by atoms with van der Waals surface area (Å²) >= 11 is 0. The quantitative estimate of drug-likeness (QED) is 0.435. The molecule has 0 radical (unpaired) electrons. The highest BCUT2D eigenvalue weighted by Crippen LogP contribution is 2.34. The molecule has 2 heterocycles. The predicted octanol–water partition coefficient (Wildman–Crippen LogP) is 1.96. The largest absolute Gasteiger partial charge is 0.573 e. The van der Waals surface area contributed by atoms with E-state index in [1.807, 2.05) is 0 Å². The average molecular weight is 556 g/mol. The zero-order valence-electron chi connectivity index (χ0n) is 20.4. The zero-order valence-corrected chi connectivity index (χ0v) is 21.2. The maximum absolute atomic E-state index is 13.0. The number of amides is 2. The fourth-order valence-corrected chi connectivity index (χ4v) is 5.19. The molecule has 1 unspecified atom stereocenters. The summed E-state index contributed by atoms with van der Waals surface area (Å²) in [6.07, 6.45) is -2.27. The lowest BCUT2D eigenvalue weighted by Gasteiger charge is -2.26. The fourth-order valence-electron chi connectivity index (χ4n) is 3.81. The first kappa shape index (κ1) is 27.8. The van der Waals surface area contributed by atoms with Crippen molar-refractivity contribution in [3.05, 3.63) is 53.1 Å². The summed E-state index contributed by atoms with van der Waals surface area (Å²) in [6.45, 7) is 3.42. The van der Waals surface area contributed by atoms with Crippen molar-refractivity contribution in [3.63, 3.8) is 0 Å². The number of halogens is 3. The number of hydrogen-bond donors (Lipinski definition) is 3. The minimum absolute atomic E-state index is 0.0362. The molecule has 1 atom stereocenters. The van der Waals surface area contributed by atoms with Crippen LogP contribution < -0.4 is 20.9 Å². The Bertz CT molecular complexity index is 1260. The standard InChI is InChI=1S/C24H28F3N5O5S/c25-24(26,27)37-20-13-19(38(35)18-4-5-18)3-1-16(20)14-30-22(33)17-2-6-21(28)32(15-17)23(34)29-7-8-31-9-11-36-12-10-31/h1-3,6,13,15,18,28H,4-5,7-12,14H2,(H,29,34)(H,30,33). The first-order valence-electron chi connectivity index (χ1n) is 12.0. The van der Waals surface area contributed by atoms with Crippen LogP contribution in [-0.2, 0) is 22.1 Å². The summed E-state index contributed by atoms with van der Waals surface area (Å²) < 4.78 is 61.8. The van der Waals surface area contributed by atoms with Gasteiger partial charge in [0, 0.05) is 54.6 Å². The first-order chi connectivity index (χ1) is 18.1. The van der Waals surface area contributed by atoms with Gasteiger partial charge in [-0.05, 0) is 37.1 Å². The topological polar surface area (TPSA) is 126 Å². The summed E-state index contributed by atoms with van der Waals surface area (Å²) in [7, 11) is -1.43. The van der Waals surface area contributed by atoms with Crippen molar-refractivity contribution < 1.29 is 36.4 Å². The normalized spacial score (nSPS) is 17.0. The van der Waals surface area contributed by atoms with Crippen molar-refractivity contribution in [3.8, 4) is 5.75 Å². The monoisotopic (exact) mass is 555 g/mol. The van der Waals surface area contributed by atoms with Crippen LogP contribution >= 0.6 is 0 Å². The molecule has 4 rings (SSSR count). The van der Waals surface area contributed by atoms with E-state index >= 15 is 0 Å². The number of nitrogens with one attached hydrogen (secondary N) is 3. The van der Waals surface area contributed by atoms with Crippen LogP contribution in [0.2, 0.25) is 0 Å². The summed E-state index contributed by atoms with van der Waals surface area (Å²) in [6, 6.07) is 5.92. The number of hydrogen-bond acceptors (Lipinski definition) is 7. The third-order valence-electron chi connectivity index (χ3n) is 6.00. The molecule has 38 heavy (non-hydrogen) atoms. The Balaban J connectivity index is 1.40. The summed E-state index contributed by atoms with van der Waals surface area (Å²) in [5.74, 6) is -1.20. The Morgan fingerprint density at radius 2 is 1.87 bits per heavy atom. The number of ether oxygens (including phenoxy) is 2. The predicted molar refractivity (Wildman–Crippen MR) is 130 cm³/mol. The Labute approximate surface area is 219 Å². The SMILES string of the molecule is N=c1ccc(C(=O)NCc2ccc(S(=O)C3CC3)cc2OC(F)(F)F)cn1C(=O)NCCN1CCOCC1. The maximum atomic E-state index is 13.0. The lowest BCUT2D eigenvalue weighted by Crippen LogP contribution is -2.43. The van der Waals surface area contributed by atoms with Crippen molar-refractivity contribution in [1.82, 2.24) is 20.1 Å². The molecule has 1 saturated heterocycles. The van der Waals surface area contributed by atoms with Crippen LogP contribution in [0.3, 0.4) is 0 Å². The number of benzene rings is 1. The van der Waals surface area contributed by atoms with E-state index < -0.39 is 34.8 Å². The minimum Gasteiger partial charge on any atom is -0.405 e. The molecule has 3 N–H and O–H groups in total. The molecule has 0 spiro atoms. The molecule has 0 bridgehead atoms. The van der Waals surface area contributed by atoms with Gasteiger partial charge >= 0.3 is 12.4 Å². The number of pyridine rings is 1. The molecular weight excluding hydrogens is 527 g/mol. The van der Waals surface area contributed by atoms with Gasteiger partial charge in [-0.15, -0.1) is 13.2 Å². The number of carbonyl (C=O) groups excluding carboxylic acids is 2. The van der Waals surface area contributed by atoms with Crippen molar-refractivity contribution >= 4 is 22.7 Å². The summed E-state index contributed by atoms with van der Waals surface area (Å²) in [5, 5.41) is 13.2. The number of aromatic nitrogens is 1. The number of nitrogens with zero attached hydrogens (tertiary/aromatic N) is 2. The zero-order chi connectivity index (χ0) is 27.3. The molecule has 2 aliphatic rings. The van der Waals surface area contributed by atoms with Gasteiger partial charge in [0.1, 0.15) is 11.2 Å². The van der Waals surface area contributed by atoms with Crippen molar-refractivity contribution in [2.75, 3.05) is 39.4 Å². The molecule has 2 fully saturated rings. The van der Waals surface area contributed by atoms with Crippen molar-refractivity contribution in [1.29, 1.82) is 5.41 Å². The molecular formula is C24H28F3N5O5S. The molecule has 10 nitrogen and oxygen atoms in total. The van der Waals surface area contributed by atoms with Gasteiger partial charge in [-0.2, -0.15) is 0 Å². The van der Waals surface area contributed by atoms with E-state index in [0.717, 1.165) is 36.6 Å². The highest BCUT2D eigenvalue weighted by atomic mass is 32.2. The van der Waals surface area contributed by atoms with E-state index in [9.17, 15) is 27.0 Å². The van der Waals surface area contributed by atoms with E-state index in [1.54, 1.807) is 0 Å². The van der Waals surface area contributed by atoms with Gasteiger partial charge in [0.2, 0.25) is 0 Å². The molecule has 1 saturated carbocycles. The number of alkyl halides is 3. The van der Waals surface area contributed by atoms with Crippen LogP contribution in [0.25, 0.3) is 0 Å². The molecule has 1 aliphatic heterocycles. The fraction of sp³-hybridized carbons (Fsp3) is 0.458. The molecule has 1 aromatic carbocycles. The molecule has 1 aromatic heterocycles. The lowest BCUT2D eigenvalue weighted by molar-refractivity contribution is -0.275. The van der Waals surface area contributed by atoms with E-state index in [1.165, 1.54) is 30.5 Å². The van der Waals surface area contributed by atoms with Gasteiger partial charge in [-0.1, -0.05) is 6.07 Å². The van der Waals surface area contributed by atoms with E-state index in [-0.39, 0.29) is 33.3 Å². The van der Waals surface area contributed by atoms with Gasteiger partial charge in [-0.3, -0.25) is 23.9 Å². The first-order valence-corrected chi connectivity index (χ1v) is 13.2. The Morgan fingerprint density at radius 1 is 1.13 bits per heavy atom. The van der Waals surface area contributed by atoms with Crippen LogP contribution in [0.5, 0.6) is 5.75 Å². The van der Waals surface area contributed by atoms with Crippen LogP contribution in [0.15, 0.2) is 41.4 Å². The van der Waals surface area contributed by atoms with Gasteiger partial charge in [0.15, 0.2) is 0 Å². The second kappa shape index (κ2) is 12.1. The van der Waals surface area contributed by atoms with Gasteiger partial charge in [0.05, 0.1) is 29.6 Å². The third-order valence-corrected chi connectivity index (χ3v) is 7.80. The highest BCUT2D eigenvalue weighted by Gasteiger charge is 2.34. The third kappa shape index (κ3) is 7.65. The number of carbonyl (C=O) groups is 2. The van der Waals surface area contributed by atoms with Crippen LogP contribution in [0.4, 0.5) is 18.0 Å². The van der Waals surface area contributed by atoms with E-state index in [4.69, 9.17) is 10.1 Å². The maximum Gasteiger partial charge on any atom is 0.573 e. The van der Waals surface area contributed by atoms with E-state index in [0.29, 0.717) is 26.3 Å². The Morgan fingerprint density at radius 3 is 2.55 bits per heavy atom. The van der Waals surface area contributed by atoms with Gasteiger partial charge < -0.3 is 20.1 Å². The van der Waals surface area contributed by atoms with Crippen molar-refractivity contribution in [2.45, 2.75) is 35.9 Å². The summed E-state index contributed by atoms with van der Waals surface area (Å²) in [5.41, 5.74) is -0.0716. The Kier molecular flexibility index (Phi) is 8.84. The smallest absolute Gasteiger partial charge is 0.405 e. The molecule has 2 aromatic rings. The van der Waals surface area contributed by atoms with Crippen LogP contribution in [-0.4, -0.2) is 76.6 Å². The second-order valence-corrected chi connectivity index (χ2v) is 10.6. The van der Waals surface area contributed by atoms with Gasteiger partial charge in [0.25, 0.3) is 5.91 Å². The molecule has 206 valence electrons. The van der Waals surface area contributed by atoms with E-state index in [2.05, 4.69) is 20.3 Å². The summed E-state index contributed by atoms with van der Waals surface area (Å²) in [4.78, 5) is 27.7. The molecule has 14 heteroatoms. The Hall–Kier alpha value is -3.23. The van der Waals surface area contributed by atoms with Crippen molar-refractivity contribution in [2.24, 2.45) is 0 Å². The van der Waals surface area contributed by atoms with Crippen LogP contribution in [0.1, 0.15) is 28.8 Å². The molecule has 1 aliphatic carbocycles. The average Bonchev–Trinajstić information content (AvgIpc) is 3.73. The second-order valence-electron chi connectivity index (χ2n) is 8.86. The molecule has 2 amide bonds. The highest BCUT2D eigenvalue weighted by molar-refractivity contribution is 7.86. The number of rotatable bonds is 9. The minimum atomic E-state index is -4.97. The van der Waals surface area contributed by atoms with Gasteiger partial charge in [-0.25, -0.2) is 4.79 Å². The van der Waals surface area contributed by atoms with Crippen LogP contribution in [0, 0.1) is 5.41 Å². The number of morpholine rings is 1.